The Bertz CT molecular complexity index is 953. The molecule has 0 atom stereocenters. The minimum atomic E-state index is -0.362. The van der Waals surface area contributed by atoms with Crippen LogP contribution in [0.5, 0.6) is 5.75 Å². The zero-order valence-corrected chi connectivity index (χ0v) is 14.0. The molecule has 25 heavy (non-hydrogen) atoms. The SMILES string of the molecule is CCOC(=O)/C=C/c1ccc(OCC2CC2)c2oc3cnccc3c12. The summed E-state index contributed by atoms with van der Waals surface area (Å²) in [5.41, 5.74) is 2.27. The van der Waals surface area contributed by atoms with Crippen molar-refractivity contribution in [2.75, 3.05) is 13.2 Å². The lowest BCUT2D eigenvalue weighted by molar-refractivity contribution is -0.137. The van der Waals surface area contributed by atoms with E-state index in [1.807, 2.05) is 18.2 Å². The Balaban J connectivity index is 1.79. The molecule has 1 aliphatic rings. The number of carbonyl (C=O) groups excluding carboxylic acids is 1. The van der Waals surface area contributed by atoms with Gasteiger partial charge >= 0.3 is 5.97 Å². The van der Waals surface area contributed by atoms with E-state index in [0.29, 0.717) is 30.3 Å². The molecule has 1 aliphatic carbocycles. The van der Waals surface area contributed by atoms with Crippen LogP contribution >= 0.6 is 0 Å². The number of furan rings is 1. The molecule has 1 fully saturated rings. The third kappa shape index (κ3) is 3.22. The number of fused-ring (bicyclic) bond motifs is 3. The van der Waals surface area contributed by atoms with Gasteiger partial charge in [-0.15, -0.1) is 0 Å². The Morgan fingerprint density at radius 2 is 2.24 bits per heavy atom. The van der Waals surface area contributed by atoms with E-state index in [-0.39, 0.29) is 5.97 Å². The van der Waals surface area contributed by atoms with Gasteiger partial charge in [0.25, 0.3) is 0 Å². The lowest BCUT2D eigenvalue weighted by Crippen LogP contribution is -1.99. The van der Waals surface area contributed by atoms with E-state index in [0.717, 1.165) is 22.1 Å². The summed E-state index contributed by atoms with van der Waals surface area (Å²) in [4.78, 5) is 15.8. The normalized spacial score (nSPS) is 14.4. The molecule has 0 aliphatic heterocycles. The van der Waals surface area contributed by atoms with E-state index < -0.39 is 0 Å². The molecule has 0 radical (unpaired) electrons. The number of ether oxygens (including phenoxy) is 2. The van der Waals surface area contributed by atoms with Crippen molar-refractivity contribution in [2.45, 2.75) is 19.8 Å². The fourth-order valence-electron chi connectivity index (χ4n) is 2.83. The number of carbonyl (C=O) groups is 1. The van der Waals surface area contributed by atoms with Gasteiger partial charge in [-0.3, -0.25) is 4.98 Å². The predicted octanol–water partition coefficient (Wildman–Crippen LogP) is 4.35. The molecule has 2 aromatic heterocycles. The van der Waals surface area contributed by atoms with Crippen LogP contribution in [0.3, 0.4) is 0 Å². The first-order chi connectivity index (χ1) is 12.3. The summed E-state index contributed by atoms with van der Waals surface area (Å²) in [5, 5.41) is 1.87. The molecule has 3 aromatic rings. The molecule has 0 unspecified atom stereocenters. The molecule has 1 saturated carbocycles. The summed E-state index contributed by atoms with van der Waals surface area (Å²) < 4.78 is 16.9. The van der Waals surface area contributed by atoms with Crippen LogP contribution in [0.2, 0.25) is 0 Å². The van der Waals surface area contributed by atoms with Crippen molar-refractivity contribution >= 4 is 34.0 Å². The van der Waals surface area contributed by atoms with Crippen molar-refractivity contribution in [3.8, 4) is 5.75 Å². The third-order valence-corrected chi connectivity index (χ3v) is 4.28. The number of hydrogen-bond acceptors (Lipinski definition) is 5. The standard InChI is InChI=1S/C20H19NO4/c1-2-23-18(22)8-6-14-5-7-16(24-12-13-3-4-13)20-19(14)15-9-10-21-11-17(15)25-20/h5-11,13H,2-4,12H2,1H3/b8-6+. The number of esters is 1. The molecular weight excluding hydrogens is 318 g/mol. The summed E-state index contributed by atoms with van der Waals surface area (Å²) in [7, 11) is 0. The molecule has 1 aromatic carbocycles. The molecule has 128 valence electrons. The maximum atomic E-state index is 11.6. The van der Waals surface area contributed by atoms with Crippen LogP contribution in [0.15, 0.2) is 41.1 Å². The number of aromatic nitrogens is 1. The van der Waals surface area contributed by atoms with Gasteiger partial charge in [-0.2, -0.15) is 0 Å². The maximum absolute atomic E-state index is 11.6. The molecular formula is C20H19NO4. The predicted molar refractivity (Wildman–Crippen MR) is 95.4 cm³/mol. The minimum absolute atomic E-state index is 0.354. The van der Waals surface area contributed by atoms with E-state index in [9.17, 15) is 4.79 Å². The van der Waals surface area contributed by atoms with E-state index >= 15 is 0 Å². The van der Waals surface area contributed by atoms with Crippen LogP contribution in [0, 0.1) is 5.92 Å². The van der Waals surface area contributed by atoms with Crippen molar-refractivity contribution in [3.63, 3.8) is 0 Å². The lowest BCUT2D eigenvalue weighted by Gasteiger charge is -2.07. The van der Waals surface area contributed by atoms with Crippen LogP contribution < -0.4 is 4.74 Å². The van der Waals surface area contributed by atoms with Crippen molar-refractivity contribution < 1.29 is 18.7 Å². The average Bonchev–Trinajstić information content (AvgIpc) is 3.37. The Kier molecular flexibility index (Phi) is 4.14. The van der Waals surface area contributed by atoms with Gasteiger partial charge in [-0.25, -0.2) is 4.79 Å². The van der Waals surface area contributed by atoms with Gasteiger partial charge in [0.15, 0.2) is 16.9 Å². The fourth-order valence-corrected chi connectivity index (χ4v) is 2.83. The van der Waals surface area contributed by atoms with Gasteiger partial charge in [0.05, 0.1) is 19.4 Å². The first kappa shape index (κ1) is 15.7. The van der Waals surface area contributed by atoms with Gasteiger partial charge in [-0.05, 0) is 49.5 Å². The average molecular weight is 337 g/mol. The van der Waals surface area contributed by atoms with Crippen LogP contribution in [0.25, 0.3) is 28.0 Å². The Morgan fingerprint density at radius 3 is 3.04 bits per heavy atom. The molecule has 5 nitrogen and oxygen atoms in total. The van der Waals surface area contributed by atoms with Crippen molar-refractivity contribution in [1.29, 1.82) is 0 Å². The second-order valence-corrected chi connectivity index (χ2v) is 6.17. The first-order valence-corrected chi connectivity index (χ1v) is 8.53. The van der Waals surface area contributed by atoms with E-state index in [4.69, 9.17) is 13.9 Å². The highest BCUT2D eigenvalue weighted by molar-refractivity contribution is 6.11. The zero-order chi connectivity index (χ0) is 17.2. The summed E-state index contributed by atoms with van der Waals surface area (Å²) in [6.07, 6.45) is 9.07. The molecule has 2 heterocycles. The van der Waals surface area contributed by atoms with E-state index in [2.05, 4.69) is 4.98 Å². The molecule has 0 N–H and O–H groups in total. The largest absolute Gasteiger partial charge is 0.489 e. The quantitative estimate of drug-likeness (QED) is 0.494. The third-order valence-electron chi connectivity index (χ3n) is 4.28. The van der Waals surface area contributed by atoms with Crippen LogP contribution in [-0.2, 0) is 9.53 Å². The smallest absolute Gasteiger partial charge is 0.330 e. The van der Waals surface area contributed by atoms with Crippen molar-refractivity contribution in [1.82, 2.24) is 4.98 Å². The zero-order valence-electron chi connectivity index (χ0n) is 14.0. The summed E-state index contributed by atoms with van der Waals surface area (Å²) >= 11 is 0. The molecule has 0 saturated heterocycles. The first-order valence-electron chi connectivity index (χ1n) is 8.53. The van der Waals surface area contributed by atoms with Crippen LogP contribution in [0.4, 0.5) is 0 Å². The molecule has 4 rings (SSSR count). The van der Waals surface area contributed by atoms with Gasteiger partial charge in [0, 0.05) is 23.0 Å². The number of rotatable bonds is 6. The summed E-state index contributed by atoms with van der Waals surface area (Å²) in [6.45, 7) is 2.85. The highest BCUT2D eigenvalue weighted by atomic mass is 16.5. The number of pyridine rings is 1. The second kappa shape index (κ2) is 6.59. The van der Waals surface area contributed by atoms with Crippen molar-refractivity contribution in [2.24, 2.45) is 5.92 Å². The summed E-state index contributed by atoms with van der Waals surface area (Å²) in [6, 6.07) is 5.74. The Labute approximate surface area is 145 Å². The molecule has 0 amide bonds. The van der Waals surface area contributed by atoms with Gasteiger partial charge in [0.2, 0.25) is 0 Å². The maximum Gasteiger partial charge on any atom is 0.330 e. The molecule has 0 bridgehead atoms. The van der Waals surface area contributed by atoms with Gasteiger partial charge in [-0.1, -0.05) is 6.07 Å². The number of benzene rings is 1. The van der Waals surface area contributed by atoms with E-state index in [1.165, 1.54) is 18.9 Å². The highest BCUT2D eigenvalue weighted by Crippen LogP contribution is 2.38. The number of hydrogen-bond donors (Lipinski definition) is 0. The summed E-state index contributed by atoms with van der Waals surface area (Å²) in [5.74, 6) is 1.02. The molecule has 0 spiro atoms. The monoisotopic (exact) mass is 337 g/mol. The fraction of sp³-hybridized carbons (Fsp3) is 0.300. The Morgan fingerprint density at radius 1 is 1.36 bits per heavy atom. The lowest BCUT2D eigenvalue weighted by atomic mass is 10.1. The number of nitrogens with zero attached hydrogens (tertiary/aromatic N) is 1. The molecule has 5 heteroatoms. The van der Waals surface area contributed by atoms with Crippen LogP contribution in [0.1, 0.15) is 25.3 Å². The van der Waals surface area contributed by atoms with Crippen molar-refractivity contribution in [3.05, 3.63) is 42.2 Å². The Hall–Kier alpha value is -2.82. The van der Waals surface area contributed by atoms with Gasteiger partial charge in [0.1, 0.15) is 0 Å². The van der Waals surface area contributed by atoms with Gasteiger partial charge < -0.3 is 13.9 Å². The second-order valence-electron chi connectivity index (χ2n) is 6.17. The van der Waals surface area contributed by atoms with E-state index in [1.54, 1.807) is 25.4 Å². The van der Waals surface area contributed by atoms with Crippen LogP contribution in [-0.4, -0.2) is 24.2 Å². The topological polar surface area (TPSA) is 61.6 Å². The minimum Gasteiger partial charge on any atom is -0.489 e. The highest BCUT2D eigenvalue weighted by Gasteiger charge is 2.23.